The van der Waals surface area contributed by atoms with Crippen molar-refractivity contribution >= 4 is 11.9 Å². The molecule has 0 aromatic rings. The topological polar surface area (TPSA) is 55.4 Å². The van der Waals surface area contributed by atoms with Crippen molar-refractivity contribution in [3.63, 3.8) is 0 Å². The molecule has 1 amide bonds. The van der Waals surface area contributed by atoms with Gasteiger partial charge < -0.3 is 10.1 Å². The zero-order valence-electron chi connectivity index (χ0n) is 12.4. The molecule has 0 aromatic carbocycles. The van der Waals surface area contributed by atoms with Gasteiger partial charge >= 0.3 is 18.1 Å². The number of esters is 1. The van der Waals surface area contributed by atoms with Gasteiger partial charge in [-0.05, 0) is 6.42 Å². The van der Waals surface area contributed by atoms with E-state index >= 15 is 0 Å². The molecule has 0 aliphatic heterocycles. The Morgan fingerprint density at radius 3 is 2.00 bits per heavy atom. The van der Waals surface area contributed by atoms with Crippen LogP contribution in [0.1, 0.15) is 58.3 Å². The lowest BCUT2D eigenvalue weighted by Gasteiger charge is -2.08. The number of ether oxygens (including phenoxy) is 1. The highest BCUT2D eigenvalue weighted by Crippen LogP contribution is 2.13. The average molecular weight is 311 g/mol. The molecular weight excluding hydrogens is 287 g/mol. The van der Waals surface area contributed by atoms with Gasteiger partial charge in [0.25, 0.3) is 0 Å². The Labute approximate surface area is 123 Å². The normalized spacial score (nSPS) is 11.2. The summed E-state index contributed by atoms with van der Waals surface area (Å²) in [4.78, 5) is 21.5. The molecule has 0 saturated carbocycles. The lowest BCUT2D eigenvalue weighted by Crippen LogP contribution is -2.40. The van der Waals surface area contributed by atoms with Crippen LogP contribution in [0.2, 0.25) is 0 Å². The number of rotatable bonds is 11. The van der Waals surface area contributed by atoms with Gasteiger partial charge in [0, 0.05) is 0 Å². The Bertz CT molecular complexity index is 306. The summed E-state index contributed by atoms with van der Waals surface area (Å²) in [5.74, 6) is -2.98. The molecule has 124 valence electrons. The van der Waals surface area contributed by atoms with Crippen LogP contribution < -0.4 is 5.32 Å². The van der Waals surface area contributed by atoms with Crippen LogP contribution in [-0.4, -0.2) is 31.2 Å². The average Bonchev–Trinajstić information content (AvgIpc) is 2.41. The highest BCUT2D eigenvalue weighted by Gasteiger charge is 2.38. The third-order valence-electron chi connectivity index (χ3n) is 2.91. The quantitative estimate of drug-likeness (QED) is 0.470. The van der Waals surface area contributed by atoms with Gasteiger partial charge in [0.15, 0.2) is 0 Å². The number of halogens is 3. The lowest BCUT2D eigenvalue weighted by atomic mass is 10.1. The molecule has 0 spiro atoms. The molecular formula is C14H24F3NO3. The minimum Gasteiger partial charge on any atom is -0.464 e. The largest absolute Gasteiger partial charge is 0.471 e. The van der Waals surface area contributed by atoms with E-state index in [0.717, 1.165) is 19.3 Å². The van der Waals surface area contributed by atoms with E-state index in [2.05, 4.69) is 6.92 Å². The van der Waals surface area contributed by atoms with Crippen molar-refractivity contribution in [1.82, 2.24) is 5.32 Å². The van der Waals surface area contributed by atoms with Crippen molar-refractivity contribution < 1.29 is 27.5 Å². The van der Waals surface area contributed by atoms with Crippen LogP contribution in [0.4, 0.5) is 13.2 Å². The van der Waals surface area contributed by atoms with Gasteiger partial charge in [0.1, 0.15) is 6.54 Å². The summed E-state index contributed by atoms with van der Waals surface area (Å²) in [5, 5.41) is 1.46. The third-order valence-corrected chi connectivity index (χ3v) is 2.91. The molecule has 0 unspecified atom stereocenters. The highest BCUT2D eigenvalue weighted by atomic mass is 19.4. The van der Waals surface area contributed by atoms with Gasteiger partial charge in [-0.15, -0.1) is 0 Å². The minimum atomic E-state index is -4.97. The molecule has 1 N–H and O–H groups in total. The molecule has 0 rings (SSSR count). The number of carbonyl (C=O) groups excluding carboxylic acids is 2. The Hall–Kier alpha value is -1.27. The third kappa shape index (κ3) is 12.2. The molecule has 21 heavy (non-hydrogen) atoms. The number of hydrogen-bond acceptors (Lipinski definition) is 3. The number of carbonyl (C=O) groups is 2. The number of unbranched alkanes of at least 4 members (excludes halogenated alkanes) is 7. The van der Waals surface area contributed by atoms with Gasteiger partial charge in [-0.3, -0.25) is 9.59 Å². The summed E-state index contributed by atoms with van der Waals surface area (Å²) in [6, 6.07) is 0. The first kappa shape index (κ1) is 19.7. The summed E-state index contributed by atoms with van der Waals surface area (Å²) in [6.07, 6.45) is 3.75. The van der Waals surface area contributed by atoms with Crippen molar-refractivity contribution in [3.05, 3.63) is 0 Å². The second-order valence-corrected chi connectivity index (χ2v) is 4.88. The summed E-state index contributed by atoms with van der Waals surface area (Å²) in [6.45, 7) is 1.58. The van der Waals surface area contributed by atoms with E-state index in [1.807, 2.05) is 0 Å². The zero-order chi connectivity index (χ0) is 16.1. The monoisotopic (exact) mass is 311 g/mol. The van der Waals surface area contributed by atoms with E-state index in [1.165, 1.54) is 31.0 Å². The summed E-state index contributed by atoms with van der Waals surface area (Å²) in [7, 11) is 0. The zero-order valence-corrected chi connectivity index (χ0v) is 12.4. The first-order valence-electron chi connectivity index (χ1n) is 7.38. The first-order valence-corrected chi connectivity index (χ1v) is 7.38. The van der Waals surface area contributed by atoms with Crippen molar-refractivity contribution in [3.8, 4) is 0 Å². The van der Waals surface area contributed by atoms with Crippen molar-refractivity contribution in [2.45, 2.75) is 64.5 Å². The Balaban J connectivity index is 3.40. The molecule has 4 nitrogen and oxygen atoms in total. The summed E-state index contributed by atoms with van der Waals surface area (Å²) in [5.41, 5.74) is 0. The smallest absolute Gasteiger partial charge is 0.464 e. The summed E-state index contributed by atoms with van der Waals surface area (Å²) < 4.78 is 40.2. The van der Waals surface area contributed by atoms with Gasteiger partial charge in [-0.1, -0.05) is 51.9 Å². The second-order valence-electron chi connectivity index (χ2n) is 4.88. The minimum absolute atomic E-state index is 0.176. The predicted molar refractivity (Wildman–Crippen MR) is 72.6 cm³/mol. The maximum atomic E-state index is 11.8. The Kier molecular flexibility index (Phi) is 10.7. The van der Waals surface area contributed by atoms with Gasteiger partial charge in [0.2, 0.25) is 0 Å². The molecule has 0 radical (unpaired) electrons. The van der Waals surface area contributed by atoms with E-state index in [1.54, 1.807) is 0 Å². The van der Waals surface area contributed by atoms with E-state index in [9.17, 15) is 22.8 Å². The van der Waals surface area contributed by atoms with Crippen LogP contribution in [0.25, 0.3) is 0 Å². The molecule has 0 aliphatic carbocycles. The van der Waals surface area contributed by atoms with Crippen LogP contribution in [-0.2, 0) is 14.3 Å². The number of hydrogen-bond donors (Lipinski definition) is 1. The fraction of sp³-hybridized carbons (Fsp3) is 0.857. The fourth-order valence-electron chi connectivity index (χ4n) is 1.73. The number of nitrogens with one attached hydrogen (secondary N) is 1. The molecule has 0 saturated heterocycles. The summed E-state index contributed by atoms with van der Waals surface area (Å²) >= 11 is 0. The SMILES string of the molecule is CCCCCCCCCCOC(=O)CNC(=O)C(F)(F)F. The van der Waals surface area contributed by atoms with Crippen LogP contribution in [0.3, 0.4) is 0 Å². The molecule has 7 heteroatoms. The molecule has 0 atom stereocenters. The number of amides is 1. The van der Waals surface area contributed by atoms with Crippen LogP contribution in [0.15, 0.2) is 0 Å². The molecule has 0 aromatic heterocycles. The Morgan fingerprint density at radius 1 is 0.952 bits per heavy atom. The molecule has 0 heterocycles. The second kappa shape index (κ2) is 11.4. The van der Waals surface area contributed by atoms with Gasteiger partial charge in [-0.25, -0.2) is 0 Å². The van der Waals surface area contributed by atoms with E-state index in [4.69, 9.17) is 4.74 Å². The lowest BCUT2D eigenvalue weighted by molar-refractivity contribution is -0.174. The van der Waals surface area contributed by atoms with Crippen LogP contribution >= 0.6 is 0 Å². The first-order chi connectivity index (χ1) is 9.88. The molecule has 0 bridgehead atoms. The van der Waals surface area contributed by atoms with Gasteiger partial charge in [-0.2, -0.15) is 13.2 Å². The van der Waals surface area contributed by atoms with Crippen molar-refractivity contribution in [1.29, 1.82) is 0 Å². The van der Waals surface area contributed by atoms with Crippen molar-refractivity contribution in [2.75, 3.05) is 13.2 Å². The van der Waals surface area contributed by atoms with E-state index < -0.39 is 24.6 Å². The van der Waals surface area contributed by atoms with Gasteiger partial charge in [0.05, 0.1) is 6.61 Å². The highest BCUT2D eigenvalue weighted by molar-refractivity contribution is 5.85. The van der Waals surface area contributed by atoms with Crippen LogP contribution in [0, 0.1) is 0 Å². The van der Waals surface area contributed by atoms with E-state index in [0.29, 0.717) is 6.42 Å². The predicted octanol–water partition coefficient (Wildman–Crippen LogP) is 3.35. The van der Waals surface area contributed by atoms with E-state index in [-0.39, 0.29) is 6.61 Å². The maximum absolute atomic E-state index is 11.8. The van der Waals surface area contributed by atoms with Crippen LogP contribution in [0.5, 0.6) is 0 Å². The number of alkyl halides is 3. The fourth-order valence-corrected chi connectivity index (χ4v) is 1.73. The molecule has 0 aliphatic rings. The standard InChI is InChI=1S/C14H24F3NO3/c1-2-3-4-5-6-7-8-9-10-21-12(19)11-18-13(20)14(15,16)17/h2-11H2,1H3,(H,18,20). The maximum Gasteiger partial charge on any atom is 0.471 e. The van der Waals surface area contributed by atoms with Crippen molar-refractivity contribution in [2.24, 2.45) is 0 Å². The Morgan fingerprint density at radius 2 is 1.48 bits per heavy atom. The molecule has 0 fully saturated rings.